The number of nitrogens with zero attached hydrogens (tertiary/aromatic N) is 5. The fraction of sp³-hybridized carbons (Fsp3) is 0.444. The normalized spacial score (nSPS) is 20.6. The molecule has 1 N–H and O–H groups in total. The van der Waals surface area contributed by atoms with E-state index < -0.39 is 5.60 Å². The fourth-order valence-corrected chi connectivity index (χ4v) is 3.50. The summed E-state index contributed by atoms with van der Waals surface area (Å²) in [4.78, 5) is 18.5. The van der Waals surface area contributed by atoms with Crippen molar-refractivity contribution in [2.45, 2.75) is 38.3 Å². The van der Waals surface area contributed by atoms with Crippen LogP contribution in [-0.4, -0.2) is 54.5 Å². The molecule has 2 aromatic heterocycles. The molecule has 1 unspecified atom stereocenters. The first-order chi connectivity index (χ1) is 12.5. The van der Waals surface area contributed by atoms with Crippen molar-refractivity contribution in [3.05, 3.63) is 42.2 Å². The van der Waals surface area contributed by atoms with Crippen LogP contribution in [0.15, 0.2) is 35.0 Å². The van der Waals surface area contributed by atoms with Gasteiger partial charge >= 0.3 is 0 Å². The number of β-amino-alcohol motifs (C(OH)–C–C–N with tert-alkyl or cyclic N) is 1. The molecular formula is C18H21N5O3. The summed E-state index contributed by atoms with van der Waals surface area (Å²) in [5.41, 5.74) is -0.177. The molecule has 0 aliphatic carbocycles. The van der Waals surface area contributed by atoms with E-state index in [0.29, 0.717) is 24.7 Å². The zero-order valence-corrected chi connectivity index (χ0v) is 14.6. The Labute approximate surface area is 150 Å². The van der Waals surface area contributed by atoms with Crippen molar-refractivity contribution in [3.8, 4) is 0 Å². The van der Waals surface area contributed by atoms with Crippen molar-refractivity contribution in [2.75, 3.05) is 13.1 Å². The van der Waals surface area contributed by atoms with Crippen molar-refractivity contribution in [2.24, 2.45) is 0 Å². The molecule has 4 rings (SSSR count). The predicted octanol–water partition coefficient (Wildman–Crippen LogP) is 1.32. The number of piperidine rings is 1. The van der Waals surface area contributed by atoms with Crippen LogP contribution in [0.2, 0.25) is 0 Å². The largest absolute Gasteiger partial charge is 0.388 e. The third kappa shape index (κ3) is 3.45. The van der Waals surface area contributed by atoms with Gasteiger partial charge in [0.1, 0.15) is 6.54 Å². The minimum absolute atomic E-state index is 0.0577. The molecule has 0 radical (unpaired) electrons. The summed E-state index contributed by atoms with van der Waals surface area (Å²) in [6.07, 6.45) is 3.45. The Morgan fingerprint density at radius 3 is 3.00 bits per heavy atom. The highest BCUT2D eigenvalue weighted by Gasteiger charge is 2.37. The van der Waals surface area contributed by atoms with Gasteiger partial charge in [0.15, 0.2) is 5.82 Å². The highest BCUT2D eigenvalue weighted by Crippen LogP contribution is 2.25. The summed E-state index contributed by atoms with van der Waals surface area (Å²) in [5, 5.41) is 20.1. The molecule has 3 aromatic rings. The molecule has 26 heavy (non-hydrogen) atoms. The Bertz CT molecular complexity index is 901. The molecule has 1 fully saturated rings. The van der Waals surface area contributed by atoms with Crippen molar-refractivity contribution >= 4 is 16.8 Å². The molecule has 8 heteroatoms. The molecule has 1 aliphatic heterocycles. The van der Waals surface area contributed by atoms with E-state index in [2.05, 4.69) is 15.2 Å². The van der Waals surface area contributed by atoms with E-state index in [9.17, 15) is 9.90 Å². The molecule has 1 amide bonds. The third-order valence-electron chi connectivity index (χ3n) is 4.72. The van der Waals surface area contributed by atoms with E-state index in [-0.39, 0.29) is 25.4 Å². The fourth-order valence-electron chi connectivity index (χ4n) is 3.50. The second kappa shape index (κ2) is 6.53. The van der Waals surface area contributed by atoms with Crippen LogP contribution < -0.4 is 0 Å². The Hall–Kier alpha value is -2.74. The minimum atomic E-state index is -1.04. The van der Waals surface area contributed by atoms with Gasteiger partial charge in [0.05, 0.1) is 17.5 Å². The first-order valence-electron chi connectivity index (χ1n) is 8.72. The number of carbonyl (C=O) groups is 1. The van der Waals surface area contributed by atoms with Crippen LogP contribution in [0.5, 0.6) is 0 Å². The molecular weight excluding hydrogens is 334 g/mol. The summed E-state index contributed by atoms with van der Waals surface area (Å²) in [6.45, 7) is 2.78. The van der Waals surface area contributed by atoms with E-state index in [0.717, 1.165) is 17.3 Å². The van der Waals surface area contributed by atoms with E-state index in [4.69, 9.17) is 4.52 Å². The molecule has 0 bridgehead atoms. The van der Waals surface area contributed by atoms with Gasteiger partial charge < -0.3 is 14.5 Å². The van der Waals surface area contributed by atoms with E-state index >= 15 is 0 Å². The molecule has 1 atom stereocenters. The molecule has 8 nitrogen and oxygen atoms in total. The summed E-state index contributed by atoms with van der Waals surface area (Å²) < 4.78 is 6.77. The van der Waals surface area contributed by atoms with Gasteiger partial charge in [-0.2, -0.15) is 10.1 Å². The van der Waals surface area contributed by atoms with Crippen molar-refractivity contribution in [1.29, 1.82) is 0 Å². The quantitative estimate of drug-likeness (QED) is 0.758. The first kappa shape index (κ1) is 16.7. The van der Waals surface area contributed by atoms with E-state index in [1.54, 1.807) is 16.5 Å². The second-order valence-electron chi connectivity index (χ2n) is 6.94. The topological polar surface area (TPSA) is 97.3 Å². The van der Waals surface area contributed by atoms with Gasteiger partial charge in [0.2, 0.25) is 11.8 Å². The Morgan fingerprint density at radius 2 is 2.23 bits per heavy atom. The van der Waals surface area contributed by atoms with Crippen LogP contribution in [0.4, 0.5) is 0 Å². The maximum Gasteiger partial charge on any atom is 0.244 e. The summed E-state index contributed by atoms with van der Waals surface area (Å²) >= 11 is 0. The molecule has 0 spiro atoms. The van der Waals surface area contributed by atoms with Crippen LogP contribution in [-0.2, 0) is 17.8 Å². The summed E-state index contributed by atoms with van der Waals surface area (Å²) in [6, 6.07) is 7.75. The van der Waals surface area contributed by atoms with E-state index in [1.165, 1.54) is 0 Å². The second-order valence-corrected chi connectivity index (χ2v) is 6.94. The Balaban J connectivity index is 1.43. The van der Waals surface area contributed by atoms with Crippen molar-refractivity contribution in [3.63, 3.8) is 0 Å². The third-order valence-corrected chi connectivity index (χ3v) is 4.72. The van der Waals surface area contributed by atoms with Gasteiger partial charge in [0, 0.05) is 24.7 Å². The average Bonchev–Trinajstić information content (AvgIpc) is 3.19. The van der Waals surface area contributed by atoms with Crippen LogP contribution in [0, 0.1) is 6.92 Å². The number of aromatic nitrogens is 4. The lowest BCUT2D eigenvalue weighted by atomic mass is 9.89. The number of carbonyl (C=O) groups excluding carboxylic acids is 1. The number of rotatable bonds is 4. The number of amides is 1. The lowest BCUT2D eigenvalue weighted by molar-refractivity contribution is -0.139. The zero-order chi connectivity index (χ0) is 18.1. The van der Waals surface area contributed by atoms with Crippen molar-refractivity contribution in [1.82, 2.24) is 24.8 Å². The number of hydrogen-bond donors (Lipinski definition) is 1. The van der Waals surface area contributed by atoms with Gasteiger partial charge in [-0.1, -0.05) is 23.4 Å². The number of aliphatic hydroxyl groups is 1. The average molecular weight is 355 g/mol. The number of likely N-dealkylation sites (tertiary alicyclic amines) is 1. The minimum Gasteiger partial charge on any atom is -0.388 e. The van der Waals surface area contributed by atoms with E-state index in [1.807, 2.05) is 30.5 Å². The highest BCUT2D eigenvalue weighted by molar-refractivity contribution is 5.80. The number of fused-ring (bicyclic) bond motifs is 1. The summed E-state index contributed by atoms with van der Waals surface area (Å²) in [5.74, 6) is 0.883. The maximum atomic E-state index is 12.7. The van der Waals surface area contributed by atoms with Crippen LogP contribution >= 0.6 is 0 Å². The lowest BCUT2D eigenvalue weighted by Gasteiger charge is -2.38. The van der Waals surface area contributed by atoms with Crippen LogP contribution in [0.1, 0.15) is 24.6 Å². The number of benzene rings is 1. The molecule has 1 aromatic carbocycles. The molecule has 136 valence electrons. The van der Waals surface area contributed by atoms with Crippen molar-refractivity contribution < 1.29 is 14.4 Å². The van der Waals surface area contributed by atoms with Gasteiger partial charge in [0.25, 0.3) is 0 Å². The van der Waals surface area contributed by atoms with Gasteiger partial charge in [-0.15, -0.1) is 0 Å². The molecule has 3 heterocycles. The monoisotopic (exact) mass is 355 g/mol. The van der Waals surface area contributed by atoms with Crippen LogP contribution in [0.25, 0.3) is 10.9 Å². The smallest absolute Gasteiger partial charge is 0.244 e. The first-order valence-corrected chi connectivity index (χ1v) is 8.72. The zero-order valence-electron chi connectivity index (χ0n) is 14.6. The van der Waals surface area contributed by atoms with Gasteiger partial charge in [-0.3, -0.25) is 9.48 Å². The predicted molar refractivity (Wildman–Crippen MR) is 93.2 cm³/mol. The van der Waals surface area contributed by atoms with Gasteiger partial charge in [-0.25, -0.2) is 0 Å². The molecule has 1 aliphatic rings. The summed E-state index contributed by atoms with van der Waals surface area (Å²) in [7, 11) is 0. The molecule has 1 saturated heterocycles. The highest BCUT2D eigenvalue weighted by atomic mass is 16.5. The number of hydrogen-bond acceptors (Lipinski definition) is 6. The SMILES string of the molecule is Cc1noc(CC2(O)CCCN(C(=O)Cn3cc4ccccc4n3)C2)n1. The van der Waals surface area contributed by atoms with Crippen LogP contribution in [0.3, 0.4) is 0 Å². The lowest BCUT2D eigenvalue weighted by Crippen LogP contribution is -2.52. The standard InChI is InChI=1S/C18H21N5O3/c1-13-19-16(26-21-13)9-18(25)7-4-8-22(12-18)17(24)11-23-10-14-5-2-3-6-15(14)20-23/h2-3,5-6,10,25H,4,7-9,11-12H2,1H3. The van der Waals surface area contributed by atoms with Gasteiger partial charge in [-0.05, 0) is 25.8 Å². The Kier molecular flexibility index (Phi) is 4.20. The number of aryl methyl sites for hydroxylation is 1. The maximum absolute atomic E-state index is 12.7. The Morgan fingerprint density at radius 1 is 1.38 bits per heavy atom. The molecule has 0 saturated carbocycles.